The lowest BCUT2D eigenvalue weighted by atomic mass is 10.2. The van der Waals surface area contributed by atoms with E-state index in [2.05, 4.69) is 29.9 Å². The van der Waals surface area contributed by atoms with E-state index in [0.29, 0.717) is 22.1 Å². The zero-order chi connectivity index (χ0) is 23.9. The number of halogens is 1. The molecule has 0 spiro atoms. The number of anilines is 1. The first kappa shape index (κ1) is 21.8. The second kappa shape index (κ2) is 8.82. The summed E-state index contributed by atoms with van der Waals surface area (Å²) >= 11 is 5.90. The number of hydrogen-bond donors (Lipinski definition) is 3. The van der Waals surface area contributed by atoms with E-state index < -0.39 is 5.69 Å². The van der Waals surface area contributed by atoms with Crippen molar-refractivity contribution in [1.82, 2.24) is 34.4 Å². The second-order valence-electron chi connectivity index (χ2n) is 8.91. The molecule has 35 heavy (non-hydrogen) atoms. The monoisotopic (exact) mass is 493 g/mol. The van der Waals surface area contributed by atoms with Crippen molar-refractivity contribution in [3.8, 4) is 5.88 Å². The number of nitrogens with one attached hydrogen (secondary N) is 2. The second-order valence-corrected chi connectivity index (χ2v) is 9.29. The fraction of sp³-hybridized carbons (Fsp3) is 0.348. The van der Waals surface area contributed by atoms with Gasteiger partial charge in [0.05, 0.1) is 12.2 Å². The number of fused-ring (bicyclic) bond motifs is 1. The van der Waals surface area contributed by atoms with Gasteiger partial charge in [0.1, 0.15) is 16.7 Å². The standard InChI is InChI=1S/C23H24ClN9O2/c24-18-4-1-14(11-25-18)13-31-5-7-32(8-6-31)19-10-20(27-16-2-3-16)33-21(29-19)15(12-26-33)9-17-22(34)30-23(35)28-17/h1,4,9-12,16,34H,2-3,5-8,13H2,(H2,28,30,35). The molecular formula is C23H24ClN9O2. The Morgan fingerprint density at radius 1 is 1.17 bits per heavy atom. The summed E-state index contributed by atoms with van der Waals surface area (Å²) in [6, 6.07) is 6.15. The fourth-order valence-electron chi connectivity index (χ4n) is 4.24. The molecule has 1 aliphatic heterocycles. The Morgan fingerprint density at radius 2 is 2.00 bits per heavy atom. The third kappa shape index (κ3) is 4.64. The van der Waals surface area contributed by atoms with Crippen molar-refractivity contribution >= 4 is 29.1 Å². The van der Waals surface area contributed by atoms with Gasteiger partial charge in [-0.1, -0.05) is 17.7 Å². The van der Waals surface area contributed by atoms with Gasteiger partial charge < -0.3 is 15.0 Å². The number of hydrogen-bond acceptors (Lipinski definition) is 8. The van der Waals surface area contributed by atoms with Gasteiger partial charge in [0.2, 0.25) is 5.88 Å². The third-order valence-electron chi connectivity index (χ3n) is 6.25. The summed E-state index contributed by atoms with van der Waals surface area (Å²) in [6.45, 7) is 4.26. The van der Waals surface area contributed by atoms with Gasteiger partial charge in [-0.3, -0.25) is 14.9 Å². The molecule has 3 N–H and O–H groups in total. The Kier molecular flexibility index (Phi) is 5.50. The predicted octanol–water partition coefficient (Wildman–Crippen LogP) is 0.433. The molecule has 5 heterocycles. The molecule has 1 aliphatic carbocycles. The lowest BCUT2D eigenvalue weighted by Crippen LogP contribution is -2.46. The van der Waals surface area contributed by atoms with E-state index >= 15 is 0 Å². The first-order chi connectivity index (χ1) is 17.0. The highest BCUT2D eigenvalue weighted by molar-refractivity contribution is 6.29. The van der Waals surface area contributed by atoms with Crippen molar-refractivity contribution in [2.75, 3.05) is 31.1 Å². The predicted molar refractivity (Wildman–Crippen MR) is 130 cm³/mol. The lowest BCUT2D eigenvalue weighted by molar-refractivity contribution is 0.249. The van der Waals surface area contributed by atoms with Crippen LogP contribution in [0.1, 0.15) is 24.1 Å². The maximum Gasteiger partial charge on any atom is 0.326 e. The van der Waals surface area contributed by atoms with Gasteiger partial charge in [-0.05, 0) is 30.5 Å². The Hall–Kier alpha value is -3.70. The molecule has 1 saturated carbocycles. The Balaban J connectivity index is 1.31. The Bertz CT molecular complexity index is 1540. The summed E-state index contributed by atoms with van der Waals surface area (Å²) in [5, 5.41) is 15.6. The molecule has 0 bridgehead atoms. The number of imidazole rings is 1. The molecule has 0 amide bonds. The smallest absolute Gasteiger partial charge is 0.326 e. The minimum Gasteiger partial charge on any atom is -0.493 e. The number of aromatic nitrogens is 6. The van der Waals surface area contributed by atoms with Gasteiger partial charge in [0, 0.05) is 50.2 Å². The van der Waals surface area contributed by atoms with Gasteiger partial charge in [-0.15, -0.1) is 0 Å². The van der Waals surface area contributed by atoms with Crippen LogP contribution in [0, 0.1) is 0 Å². The van der Waals surface area contributed by atoms with Crippen LogP contribution in [0.25, 0.3) is 11.7 Å². The average molecular weight is 494 g/mol. The van der Waals surface area contributed by atoms with Crippen molar-refractivity contribution in [2.45, 2.75) is 25.4 Å². The average Bonchev–Trinajstić information content (AvgIpc) is 3.49. The first-order valence-corrected chi connectivity index (χ1v) is 11.9. The van der Waals surface area contributed by atoms with E-state index in [0.717, 1.165) is 62.4 Å². The van der Waals surface area contributed by atoms with Gasteiger partial charge in [-0.2, -0.15) is 9.61 Å². The molecular weight excluding hydrogens is 470 g/mol. The van der Waals surface area contributed by atoms with Crippen LogP contribution >= 0.6 is 11.6 Å². The molecule has 0 aromatic carbocycles. The van der Waals surface area contributed by atoms with Gasteiger partial charge in [-0.25, -0.2) is 14.8 Å². The zero-order valence-corrected chi connectivity index (χ0v) is 19.6. The fourth-order valence-corrected chi connectivity index (χ4v) is 4.35. The van der Waals surface area contributed by atoms with E-state index in [1.807, 2.05) is 24.4 Å². The van der Waals surface area contributed by atoms with Crippen LogP contribution in [-0.4, -0.2) is 71.8 Å². The van der Waals surface area contributed by atoms with Crippen LogP contribution in [0.2, 0.25) is 5.15 Å². The summed E-state index contributed by atoms with van der Waals surface area (Å²) in [5.74, 6) is 0.618. The first-order valence-electron chi connectivity index (χ1n) is 11.6. The molecule has 6 rings (SSSR count). The van der Waals surface area contributed by atoms with E-state index in [9.17, 15) is 9.90 Å². The maximum atomic E-state index is 11.5. The van der Waals surface area contributed by atoms with Crippen LogP contribution in [0.5, 0.6) is 5.88 Å². The van der Waals surface area contributed by atoms with E-state index in [4.69, 9.17) is 21.6 Å². The summed E-state index contributed by atoms with van der Waals surface area (Å²) in [6.07, 6.45) is 7.31. The highest BCUT2D eigenvalue weighted by atomic mass is 35.5. The minimum absolute atomic E-state index is 0.222. The number of piperazine rings is 1. The van der Waals surface area contributed by atoms with Gasteiger partial charge in [0.15, 0.2) is 11.1 Å². The lowest BCUT2D eigenvalue weighted by Gasteiger charge is -2.35. The van der Waals surface area contributed by atoms with Crippen molar-refractivity contribution in [2.24, 2.45) is 4.99 Å². The number of rotatable bonds is 5. The molecule has 2 aliphatic rings. The molecule has 11 nitrogen and oxygen atoms in total. The quantitative estimate of drug-likeness (QED) is 0.344. The minimum atomic E-state index is -0.476. The van der Waals surface area contributed by atoms with Crippen molar-refractivity contribution in [3.63, 3.8) is 0 Å². The Morgan fingerprint density at radius 3 is 2.69 bits per heavy atom. The normalized spacial score (nSPS) is 18.1. The molecule has 0 atom stereocenters. The molecule has 180 valence electrons. The van der Waals surface area contributed by atoms with Crippen LogP contribution in [0.15, 0.2) is 40.4 Å². The number of pyridine rings is 1. The number of aromatic hydroxyl groups is 1. The summed E-state index contributed by atoms with van der Waals surface area (Å²) in [4.78, 5) is 35.0. The summed E-state index contributed by atoms with van der Waals surface area (Å²) in [7, 11) is 0. The largest absolute Gasteiger partial charge is 0.493 e. The molecule has 2 fully saturated rings. The van der Waals surface area contributed by atoms with E-state index in [-0.39, 0.29) is 11.6 Å². The van der Waals surface area contributed by atoms with Crippen molar-refractivity contribution < 1.29 is 5.11 Å². The number of H-pyrrole nitrogens is 2. The highest BCUT2D eigenvalue weighted by Gasteiger charge is 2.22. The Labute approximate surface area is 204 Å². The van der Waals surface area contributed by atoms with E-state index in [1.165, 1.54) is 0 Å². The van der Waals surface area contributed by atoms with Crippen molar-refractivity contribution in [3.05, 3.63) is 68.2 Å². The molecule has 1 saturated heterocycles. The van der Waals surface area contributed by atoms with Crippen LogP contribution in [0.3, 0.4) is 0 Å². The molecule has 4 aromatic heterocycles. The van der Waals surface area contributed by atoms with Crippen molar-refractivity contribution in [1.29, 1.82) is 0 Å². The van der Waals surface area contributed by atoms with Crippen LogP contribution < -0.4 is 21.3 Å². The third-order valence-corrected chi connectivity index (χ3v) is 6.48. The number of nitrogens with zero attached hydrogens (tertiary/aromatic N) is 7. The van der Waals surface area contributed by atoms with E-state index in [1.54, 1.807) is 16.8 Å². The van der Waals surface area contributed by atoms with Gasteiger partial charge in [0.25, 0.3) is 0 Å². The highest BCUT2D eigenvalue weighted by Crippen LogP contribution is 2.23. The topological polar surface area (TPSA) is 131 Å². The van der Waals surface area contributed by atoms with Crippen LogP contribution in [0.4, 0.5) is 5.82 Å². The molecule has 4 aromatic rings. The molecule has 0 unspecified atom stereocenters. The molecule has 12 heteroatoms. The van der Waals surface area contributed by atoms with Crippen LogP contribution in [-0.2, 0) is 6.54 Å². The SMILES string of the molecule is O=c1[nH]c(O)c(C=c2cnn3c(=NC4CC4)cc(N4CCN(Cc5ccc(Cl)nc5)CC4)nc23)[nH]1. The molecule has 0 radical (unpaired) electrons. The summed E-state index contributed by atoms with van der Waals surface area (Å²) in [5.41, 5.74) is 2.32. The zero-order valence-electron chi connectivity index (χ0n) is 18.9. The van der Waals surface area contributed by atoms with Gasteiger partial charge >= 0.3 is 5.69 Å². The maximum absolute atomic E-state index is 11.5. The summed E-state index contributed by atoms with van der Waals surface area (Å²) < 4.78 is 1.72. The number of aromatic amines is 2.